The van der Waals surface area contributed by atoms with Crippen molar-refractivity contribution in [3.8, 4) is 0 Å². The third-order valence-corrected chi connectivity index (χ3v) is 2.75. The number of hydrazine groups is 1. The van der Waals surface area contributed by atoms with E-state index in [1.807, 2.05) is 24.3 Å². The van der Waals surface area contributed by atoms with Crippen LogP contribution in [0.5, 0.6) is 0 Å². The molecule has 0 aliphatic carbocycles. The first-order valence-electron chi connectivity index (χ1n) is 3.80. The van der Waals surface area contributed by atoms with Crippen molar-refractivity contribution in [2.24, 2.45) is 5.84 Å². The van der Waals surface area contributed by atoms with Crippen LogP contribution >= 0.6 is 11.3 Å². The van der Waals surface area contributed by atoms with Crippen LogP contribution in [0.25, 0.3) is 10.2 Å². The van der Waals surface area contributed by atoms with Gasteiger partial charge in [0.2, 0.25) is 5.13 Å². The molecular weight excluding hydrogens is 186 g/mol. The zero-order valence-corrected chi connectivity index (χ0v) is 7.66. The quantitative estimate of drug-likeness (QED) is 0.425. The molecule has 0 atom stereocenters. The standard InChI is InChI=1S/C8H9N3OS/c9-11(5-12)8-10-6-3-1-2-4-7(6)13-8/h1-4,12H,5,9H2. The molecule has 68 valence electrons. The molecule has 0 aliphatic rings. The number of benzene rings is 1. The summed E-state index contributed by atoms with van der Waals surface area (Å²) in [6.45, 7) is -0.222. The fourth-order valence-corrected chi connectivity index (χ4v) is 1.92. The highest BCUT2D eigenvalue weighted by Crippen LogP contribution is 2.26. The summed E-state index contributed by atoms with van der Waals surface area (Å²) in [7, 11) is 0. The predicted octanol–water partition coefficient (Wildman–Crippen LogP) is 0.926. The molecule has 0 amide bonds. The van der Waals surface area contributed by atoms with Gasteiger partial charge in [0.1, 0.15) is 6.73 Å². The lowest BCUT2D eigenvalue weighted by atomic mass is 10.3. The molecular formula is C8H9N3OS. The lowest BCUT2D eigenvalue weighted by Crippen LogP contribution is -2.31. The molecule has 1 aromatic carbocycles. The van der Waals surface area contributed by atoms with E-state index in [9.17, 15) is 0 Å². The van der Waals surface area contributed by atoms with E-state index >= 15 is 0 Å². The number of rotatable bonds is 2. The van der Waals surface area contributed by atoms with Crippen LogP contribution in [0.2, 0.25) is 0 Å². The van der Waals surface area contributed by atoms with Crippen LogP contribution in [0.3, 0.4) is 0 Å². The minimum atomic E-state index is -0.222. The molecule has 0 spiro atoms. The highest BCUT2D eigenvalue weighted by atomic mass is 32.1. The monoisotopic (exact) mass is 195 g/mol. The molecule has 1 heterocycles. The number of anilines is 1. The Bertz CT molecular complexity index is 381. The van der Waals surface area contributed by atoms with Crippen molar-refractivity contribution in [2.45, 2.75) is 0 Å². The summed E-state index contributed by atoms with van der Waals surface area (Å²) >= 11 is 1.46. The van der Waals surface area contributed by atoms with Crippen molar-refractivity contribution in [1.29, 1.82) is 0 Å². The number of hydrogen-bond donors (Lipinski definition) is 2. The highest BCUT2D eigenvalue weighted by molar-refractivity contribution is 7.22. The Labute approximate surface area is 79.2 Å². The largest absolute Gasteiger partial charge is 0.375 e. The maximum atomic E-state index is 8.78. The van der Waals surface area contributed by atoms with E-state index in [2.05, 4.69) is 4.98 Å². The number of nitrogens with zero attached hydrogens (tertiary/aromatic N) is 2. The van der Waals surface area contributed by atoms with Crippen molar-refractivity contribution >= 4 is 26.7 Å². The fourth-order valence-electron chi connectivity index (χ4n) is 1.04. The van der Waals surface area contributed by atoms with Crippen LogP contribution in [0, 0.1) is 0 Å². The Morgan fingerprint density at radius 1 is 1.46 bits per heavy atom. The maximum absolute atomic E-state index is 8.78. The number of aromatic nitrogens is 1. The molecule has 0 saturated carbocycles. The summed E-state index contributed by atoms with van der Waals surface area (Å²) in [4.78, 5) is 4.24. The number of aliphatic hydroxyl groups excluding tert-OH is 1. The van der Waals surface area contributed by atoms with Crippen LogP contribution in [0.1, 0.15) is 0 Å². The van der Waals surface area contributed by atoms with Gasteiger partial charge >= 0.3 is 0 Å². The van der Waals surface area contributed by atoms with E-state index in [4.69, 9.17) is 10.9 Å². The van der Waals surface area contributed by atoms with Gasteiger partial charge in [-0.3, -0.25) is 5.01 Å². The second kappa shape index (κ2) is 3.29. The van der Waals surface area contributed by atoms with E-state index in [1.165, 1.54) is 16.3 Å². The molecule has 0 aliphatic heterocycles. The molecule has 13 heavy (non-hydrogen) atoms. The maximum Gasteiger partial charge on any atom is 0.202 e. The van der Waals surface area contributed by atoms with Gasteiger partial charge in [-0.2, -0.15) is 0 Å². The first kappa shape index (κ1) is 8.43. The molecule has 1 aromatic heterocycles. The Balaban J connectivity index is 2.49. The first-order valence-corrected chi connectivity index (χ1v) is 4.61. The molecule has 2 rings (SSSR count). The van der Waals surface area contributed by atoms with Gasteiger partial charge in [-0.15, -0.1) is 0 Å². The summed E-state index contributed by atoms with van der Waals surface area (Å²) in [5.41, 5.74) is 0.909. The Kier molecular flexibility index (Phi) is 2.13. The van der Waals surface area contributed by atoms with Crippen LogP contribution in [0.4, 0.5) is 5.13 Å². The first-order chi connectivity index (χ1) is 6.31. The third kappa shape index (κ3) is 1.49. The number of fused-ring (bicyclic) bond motifs is 1. The summed E-state index contributed by atoms with van der Waals surface area (Å²) in [5.74, 6) is 5.49. The smallest absolute Gasteiger partial charge is 0.202 e. The van der Waals surface area contributed by atoms with E-state index in [1.54, 1.807) is 0 Å². The summed E-state index contributed by atoms with van der Waals surface area (Å²) in [6, 6.07) is 7.76. The van der Waals surface area contributed by atoms with Crippen molar-refractivity contribution in [1.82, 2.24) is 4.98 Å². The molecule has 0 unspecified atom stereocenters. The zero-order chi connectivity index (χ0) is 9.26. The minimum absolute atomic E-state index is 0.222. The van der Waals surface area contributed by atoms with E-state index in [0.29, 0.717) is 5.13 Å². The van der Waals surface area contributed by atoms with Gasteiger partial charge in [-0.05, 0) is 12.1 Å². The molecule has 5 heteroatoms. The molecule has 4 nitrogen and oxygen atoms in total. The summed E-state index contributed by atoms with van der Waals surface area (Å²) in [5, 5.41) is 10.6. The van der Waals surface area contributed by atoms with Gasteiger partial charge < -0.3 is 5.11 Å². The second-order valence-electron chi connectivity index (χ2n) is 2.58. The van der Waals surface area contributed by atoms with E-state index in [0.717, 1.165) is 10.2 Å². The lowest BCUT2D eigenvalue weighted by Gasteiger charge is -2.09. The Morgan fingerprint density at radius 3 is 2.92 bits per heavy atom. The number of aliphatic hydroxyl groups is 1. The third-order valence-electron chi connectivity index (χ3n) is 1.68. The van der Waals surface area contributed by atoms with Gasteiger partial charge in [-0.25, -0.2) is 10.8 Å². The number of para-hydroxylation sites is 1. The van der Waals surface area contributed by atoms with E-state index < -0.39 is 0 Å². The van der Waals surface area contributed by atoms with Gasteiger partial charge in [0.15, 0.2) is 0 Å². The van der Waals surface area contributed by atoms with Gasteiger partial charge in [0.05, 0.1) is 10.2 Å². The van der Waals surface area contributed by atoms with Crippen LogP contribution in [-0.4, -0.2) is 16.8 Å². The van der Waals surface area contributed by atoms with Crippen LogP contribution in [-0.2, 0) is 0 Å². The van der Waals surface area contributed by atoms with Crippen molar-refractivity contribution in [3.63, 3.8) is 0 Å². The topological polar surface area (TPSA) is 62.4 Å². The van der Waals surface area contributed by atoms with Crippen molar-refractivity contribution in [3.05, 3.63) is 24.3 Å². The molecule has 0 bridgehead atoms. The molecule has 0 fully saturated rings. The summed E-state index contributed by atoms with van der Waals surface area (Å²) < 4.78 is 1.07. The lowest BCUT2D eigenvalue weighted by molar-refractivity contribution is 0.292. The van der Waals surface area contributed by atoms with Gasteiger partial charge in [0.25, 0.3) is 0 Å². The van der Waals surface area contributed by atoms with Crippen molar-refractivity contribution < 1.29 is 5.11 Å². The van der Waals surface area contributed by atoms with Gasteiger partial charge in [-0.1, -0.05) is 23.5 Å². The average Bonchev–Trinajstić information content (AvgIpc) is 2.59. The average molecular weight is 195 g/mol. The van der Waals surface area contributed by atoms with Crippen LogP contribution < -0.4 is 10.9 Å². The second-order valence-corrected chi connectivity index (χ2v) is 3.58. The highest BCUT2D eigenvalue weighted by Gasteiger charge is 2.06. The molecule has 3 N–H and O–H groups in total. The fraction of sp³-hybridized carbons (Fsp3) is 0.125. The van der Waals surface area contributed by atoms with Crippen LogP contribution in [0.15, 0.2) is 24.3 Å². The summed E-state index contributed by atoms with van der Waals surface area (Å²) in [6.07, 6.45) is 0. The zero-order valence-electron chi connectivity index (χ0n) is 6.84. The van der Waals surface area contributed by atoms with Crippen molar-refractivity contribution in [2.75, 3.05) is 11.7 Å². The van der Waals surface area contributed by atoms with Gasteiger partial charge in [0, 0.05) is 0 Å². The molecule has 0 radical (unpaired) electrons. The minimum Gasteiger partial charge on any atom is -0.375 e. The number of thiazole rings is 1. The SMILES string of the molecule is NN(CO)c1nc2ccccc2s1. The number of nitrogens with two attached hydrogens (primary N) is 1. The molecule has 2 aromatic rings. The molecule has 0 saturated heterocycles. The normalized spacial score (nSPS) is 10.6. The Hall–Kier alpha value is -1.17. The van der Waals surface area contributed by atoms with E-state index in [-0.39, 0.29) is 6.73 Å². The Morgan fingerprint density at radius 2 is 2.23 bits per heavy atom. The number of hydrogen-bond acceptors (Lipinski definition) is 5. The predicted molar refractivity (Wildman–Crippen MR) is 53.4 cm³/mol.